The topological polar surface area (TPSA) is 67.7 Å². The molecule has 7 nitrogen and oxygen atoms in total. The molecule has 1 aromatic carbocycles. The van der Waals surface area contributed by atoms with Crippen LogP contribution >= 0.6 is 0 Å². The van der Waals surface area contributed by atoms with Crippen molar-refractivity contribution in [3.05, 3.63) is 46.8 Å². The van der Waals surface area contributed by atoms with Gasteiger partial charge in [0.1, 0.15) is 13.2 Å². The SMILES string of the molecule is COC(=O)c1ccc(N2CCN(C(=O)Cn3nc(CF)c(C)c3C)CC2)cc1. The molecule has 1 aliphatic heterocycles. The zero-order valence-electron chi connectivity index (χ0n) is 16.4. The lowest BCUT2D eigenvalue weighted by Crippen LogP contribution is -2.49. The van der Waals surface area contributed by atoms with E-state index in [0.717, 1.165) is 16.9 Å². The Hall–Kier alpha value is -2.90. The molecule has 0 bridgehead atoms. The van der Waals surface area contributed by atoms with Gasteiger partial charge in [-0.25, -0.2) is 9.18 Å². The summed E-state index contributed by atoms with van der Waals surface area (Å²) in [7, 11) is 1.36. The number of amides is 1. The third kappa shape index (κ3) is 4.00. The molecule has 1 amide bonds. The Morgan fingerprint density at radius 2 is 1.75 bits per heavy atom. The predicted molar refractivity (Wildman–Crippen MR) is 103 cm³/mol. The Kier molecular flexibility index (Phi) is 5.96. The molecule has 0 saturated carbocycles. The Morgan fingerprint density at radius 1 is 1.11 bits per heavy atom. The lowest BCUT2D eigenvalue weighted by molar-refractivity contribution is -0.132. The maximum atomic E-state index is 13.0. The van der Waals surface area contributed by atoms with Crippen molar-refractivity contribution in [1.82, 2.24) is 14.7 Å². The van der Waals surface area contributed by atoms with Gasteiger partial charge in [-0.1, -0.05) is 0 Å². The summed E-state index contributed by atoms with van der Waals surface area (Å²) in [5, 5.41) is 4.20. The fraction of sp³-hybridized carbons (Fsp3) is 0.450. The Morgan fingerprint density at radius 3 is 2.29 bits per heavy atom. The van der Waals surface area contributed by atoms with Crippen LogP contribution in [0.25, 0.3) is 0 Å². The minimum absolute atomic E-state index is 0.0169. The number of esters is 1. The lowest BCUT2D eigenvalue weighted by Gasteiger charge is -2.36. The number of carbonyl (C=O) groups is 2. The van der Waals surface area contributed by atoms with Gasteiger partial charge in [-0.2, -0.15) is 5.10 Å². The Balaban J connectivity index is 1.57. The van der Waals surface area contributed by atoms with Crippen LogP contribution in [-0.2, 0) is 22.8 Å². The first-order chi connectivity index (χ1) is 13.4. The predicted octanol–water partition coefficient (Wildman–Crippen LogP) is 2.10. The van der Waals surface area contributed by atoms with Gasteiger partial charge in [-0.15, -0.1) is 0 Å². The van der Waals surface area contributed by atoms with Gasteiger partial charge in [-0.05, 0) is 43.7 Å². The van der Waals surface area contributed by atoms with Gasteiger partial charge in [0.2, 0.25) is 5.91 Å². The van der Waals surface area contributed by atoms with Crippen molar-refractivity contribution in [2.45, 2.75) is 27.1 Å². The Bertz CT molecular complexity index is 855. The van der Waals surface area contributed by atoms with E-state index in [-0.39, 0.29) is 18.4 Å². The number of nitrogens with zero attached hydrogens (tertiary/aromatic N) is 4. The summed E-state index contributed by atoms with van der Waals surface area (Å²) in [5.41, 5.74) is 3.54. The highest BCUT2D eigenvalue weighted by Crippen LogP contribution is 2.19. The minimum atomic E-state index is -0.624. The molecule has 0 unspecified atom stereocenters. The summed E-state index contributed by atoms with van der Waals surface area (Å²) in [4.78, 5) is 28.1. The number of halogens is 1. The fourth-order valence-corrected chi connectivity index (χ4v) is 3.35. The molecule has 2 heterocycles. The molecular weight excluding hydrogens is 363 g/mol. The fourth-order valence-electron chi connectivity index (χ4n) is 3.35. The van der Waals surface area contributed by atoms with E-state index in [1.807, 2.05) is 30.9 Å². The second-order valence-corrected chi connectivity index (χ2v) is 6.85. The number of hydrogen-bond acceptors (Lipinski definition) is 5. The molecule has 0 aliphatic carbocycles. The minimum Gasteiger partial charge on any atom is -0.465 e. The standard InChI is InChI=1S/C20H25FN4O3/c1-14-15(2)25(22-18(14)12-21)13-19(26)24-10-8-23(9-11-24)17-6-4-16(5-7-17)20(27)28-3/h4-7H,8-13H2,1-3H3. The second kappa shape index (κ2) is 8.41. The van der Waals surface area contributed by atoms with Gasteiger partial charge >= 0.3 is 5.97 Å². The molecule has 1 fully saturated rings. The van der Waals surface area contributed by atoms with Crippen LogP contribution in [0.2, 0.25) is 0 Å². The van der Waals surface area contributed by atoms with Crippen molar-refractivity contribution in [2.24, 2.45) is 0 Å². The highest BCUT2D eigenvalue weighted by molar-refractivity contribution is 5.89. The average molecular weight is 388 g/mol. The molecule has 0 N–H and O–H groups in total. The van der Waals surface area contributed by atoms with E-state index in [4.69, 9.17) is 4.74 Å². The van der Waals surface area contributed by atoms with Crippen LogP contribution in [0.5, 0.6) is 0 Å². The summed E-state index contributed by atoms with van der Waals surface area (Å²) in [6.45, 7) is 5.79. The van der Waals surface area contributed by atoms with E-state index in [1.54, 1.807) is 16.8 Å². The largest absolute Gasteiger partial charge is 0.465 e. The van der Waals surface area contributed by atoms with Crippen molar-refractivity contribution >= 4 is 17.6 Å². The highest BCUT2D eigenvalue weighted by Gasteiger charge is 2.23. The molecule has 1 saturated heterocycles. The maximum absolute atomic E-state index is 13.0. The van der Waals surface area contributed by atoms with E-state index < -0.39 is 6.67 Å². The molecule has 0 radical (unpaired) electrons. The number of anilines is 1. The van der Waals surface area contributed by atoms with Crippen LogP contribution in [0.4, 0.5) is 10.1 Å². The smallest absolute Gasteiger partial charge is 0.337 e. The molecule has 28 heavy (non-hydrogen) atoms. The molecule has 3 rings (SSSR count). The second-order valence-electron chi connectivity index (χ2n) is 6.85. The highest BCUT2D eigenvalue weighted by atomic mass is 19.1. The van der Waals surface area contributed by atoms with Crippen molar-refractivity contribution in [3.63, 3.8) is 0 Å². The third-order valence-corrected chi connectivity index (χ3v) is 5.30. The molecule has 2 aromatic rings. The van der Waals surface area contributed by atoms with E-state index in [9.17, 15) is 14.0 Å². The normalized spacial score (nSPS) is 14.3. The first-order valence-corrected chi connectivity index (χ1v) is 9.24. The number of rotatable bonds is 5. The van der Waals surface area contributed by atoms with Gasteiger partial charge in [-0.3, -0.25) is 9.48 Å². The molecule has 0 atom stereocenters. The number of aromatic nitrogens is 2. The number of benzene rings is 1. The van der Waals surface area contributed by atoms with Crippen LogP contribution in [0.15, 0.2) is 24.3 Å². The van der Waals surface area contributed by atoms with Crippen molar-refractivity contribution < 1.29 is 18.7 Å². The van der Waals surface area contributed by atoms with E-state index in [1.165, 1.54) is 7.11 Å². The summed E-state index contributed by atoms with van der Waals surface area (Å²) < 4.78 is 19.3. The zero-order valence-corrected chi connectivity index (χ0v) is 16.4. The van der Waals surface area contributed by atoms with Gasteiger partial charge in [0.05, 0.1) is 18.4 Å². The molecule has 8 heteroatoms. The first kappa shape index (κ1) is 19.9. The number of piperazine rings is 1. The van der Waals surface area contributed by atoms with Crippen LogP contribution in [0.1, 0.15) is 27.3 Å². The summed E-state index contributed by atoms with van der Waals surface area (Å²) in [6, 6.07) is 7.25. The number of methoxy groups -OCH3 is 1. The molecule has 0 spiro atoms. The molecule has 1 aromatic heterocycles. The summed E-state index contributed by atoms with van der Waals surface area (Å²) in [5.74, 6) is -0.376. The van der Waals surface area contributed by atoms with Crippen molar-refractivity contribution in [2.75, 3.05) is 38.2 Å². The quantitative estimate of drug-likeness (QED) is 0.734. The average Bonchev–Trinajstić information content (AvgIpc) is 3.01. The lowest BCUT2D eigenvalue weighted by atomic mass is 10.2. The number of ether oxygens (including phenoxy) is 1. The Labute approximate surface area is 163 Å². The summed E-state index contributed by atoms with van der Waals surface area (Å²) >= 11 is 0. The third-order valence-electron chi connectivity index (χ3n) is 5.30. The maximum Gasteiger partial charge on any atom is 0.337 e. The molecular formula is C20H25FN4O3. The van der Waals surface area contributed by atoms with Crippen LogP contribution in [0, 0.1) is 13.8 Å². The molecule has 150 valence electrons. The van der Waals surface area contributed by atoms with E-state index in [2.05, 4.69) is 10.00 Å². The molecule has 1 aliphatic rings. The van der Waals surface area contributed by atoms with Crippen LogP contribution in [-0.4, -0.2) is 59.8 Å². The van der Waals surface area contributed by atoms with Crippen molar-refractivity contribution in [3.8, 4) is 0 Å². The van der Waals surface area contributed by atoms with Gasteiger partial charge in [0.15, 0.2) is 0 Å². The number of hydrogen-bond donors (Lipinski definition) is 0. The van der Waals surface area contributed by atoms with Crippen molar-refractivity contribution in [1.29, 1.82) is 0 Å². The van der Waals surface area contributed by atoms with Gasteiger partial charge < -0.3 is 14.5 Å². The first-order valence-electron chi connectivity index (χ1n) is 9.24. The number of carbonyl (C=O) groups excluding carboxylic acids is 2. The summed E-state index contributed by atoms with van der Waals surface area (Å²) in [6.07, 6.45) is 0. The van der Waals surface area contributed by atoms with Gasteiger partial charge in [0.25, 0.3) is 0 Å². The monoisotopic (exact) mass is 388 g/mol. The van der Waals surface area contributed by atoms with Crippen LogP contribution in [0.3, 0.4) is 0 Å². The van der Waals surface area contributed by atoms with E-state index in [0.29, 0.717) is 37.4 Å². The van der Waals surface area contributed by atoms with E-state index >= 15 is 0 Å². The van der Waals surface area contributed by atoms with Crippen LogP contribution < -0.4 is 4.90 Å². The van der Waals surface area contributed by atoms with Gasteiger partial charge in [0, 0.05) is 37.6 Å². The zero-order chi connectivity index (χ0) is 20.3. The number of alkyl halides is 1.